The maximum absolute atomic E-state index is 12.8. The molecule has 25 heavy (non-hydrogen) atoms. The van der Waals surface area contributed by atoms with Gasteiger partial charge in [-0.15, -0.1) is 11.3 Å². The highest BCUT2D eigenvalue weighted by Crippen LogP contribution is 2.33. The van der Waals surface area contributed by atoms with E-state index in [1.165, 1.54) is 16.2 Å². The lowest BCUT2D eigenvalue weighted by molar-refractivity contribution is -0.136. The molecule has 0 unspecified atom stereocenters. The summed E-state index contributed by atoms with van der Waals surface area (Å²) in [6.07, 6.45) is 0.736. The molecular formula is C19H21N3O2S. The van der Waals surface area contributed by atoms with Crippen LogP contribution in [0.3, 0.4) is 0 Å². The highest BCUT2D eigenvalue weighted by atomic mass is 32.1. The molecule has 5 nitrogen and oxygen atoms in total. The number of hydrogen-bond acceptors (Lipinski definition) is 5. The Labute approximate surface area is 151 Å². The molecule has 1 aromatic carbocycles. The minimum atomic E-state index is -0.257. The van der Waals surface area contributed by atoms with Gasteiger partial charge in [0.25, 0.3) is 11.8 Å². The summed E-state index contributed by atoms with van der Waals surface area (Å²) in [5.41, 5.74) is 2.68. The third-order valence-corrected chi connectivity index (χ3v) is 4.92. The van der Waals surface area contributed by atoms with E-state index < -0.39 is 0 Å². The number of amides is 2. The van der Waals surface area contributed by atoms with Gasteiger partial charge in [-0.1, -0.05) is 13.0 Å². The van der Waals surface area contributed by atoms with Gasteiger partial charge in [0.1, 0.15) is 5.70 Å². The van der Waals surface area contributed by atoms with Gasteiger partial charge in [0.05, 0.1) is 5.57 Å². The van der Waals surface area contributed by atoms with Crippen LogP contribution in [0.2, 0.25) is 0 Å². The number of nitrogens with zero attached hydrogens (tertiary/aromatic N) is 2. The molecule has 130 valence electrons. The van der Waals surface area contributed by atoms with Crippen molar-refractivity contribution in [2.24, 2.45) is 0 Å². The molecule has 1 N–H and O–H groups in total. The number of carbonyl (C=O) groups is 2. The van der Waals surface area contributed by atoms with E-state index in [-0.39, 0.29) is 11.8 Å². The maximum Gasteiger partial charge on any atom is 0.278 e. The second-order valence-corrected chi connectivity index (χ2v) is 7.00. The Morgan fingerprint density at radius 1 is 1.08 bits per heavy atom. The maximum atomic E-state index is 12.8. The number of nitrogens with one attached hydrogen (secondary N) is 1. The number of benzene rings is 1. The number of rotatable bonds is 6. The van der Waals surface area contributed by atoms with Crippen molar-refractivity contribution in [3.8, 4) is 0 Å². The molecule has 0 saturated carbocycles. The molecule has 0 aliphatic carbocycles. The van der Waals surface area contributed by atoms with Crippen LogP contribution in [0.1, 0.15) is 18.2 Å². The highest BCUT2D eigenvalue weighted by Gasteiger charge is 2.39. The first-order valence-corrected chi connectivity index (χ1v) is 9.09. The second kappa shape index (κ2) is 7.11. The summed E-state index contributed by atoms with van der Waals surface area (Å²) in [6, 6.07) is 11.5. The average molecular weight is 355 g/mol. The Hall–Kier alpha value is -2.60. The number of thiophene rings is 1. The predicted molar refractivity (Wildman–Crippen MR) is 103 cm³/mol. The SMILES string of the molecule is CCCN1C(=O)C(Nc2ccc(N(C)C)cc2)=C(c2cccs2)C1=O. The van der Waals surface area contributed by atoms with Gasteiger partial charge in [0.2, 0.25) is 0 Å². The van der Waals surface area contributed by atoms with Gasteiger partial charge in [0, 0.05) is 36.9 Å². The van der Waals surface area contributed by atoms with E-state index in [9.17, 15) is 9.59 Å². The summed E-state index contributed by atoms with van der Waals surface area (Å²) in [4.78, 5) is 29.7. The fraction of sp³-hybridized carbons (Fsp3) is 0.263. The van der Waals surface area contributed by atoms with Crippen molar-refractivity contribution in [1.29, 1.82) is 0 Å². The Bertz CT molecular complexity index is 808. The van der Waals surface area contributed by atoms with Crippen LogP contribution in [0.15, 0.2) is 47.5 Å². The highest BCUT2D eigenvalue weighted by molar-refractivity contribution is 7.11. The zero-order valence-corrected chi connectivity index (χ0v) is 15.4. The molecule has 0 radical (unpaired) electrons. The summed E-state index contributed by atoms with van der Waals surface area (Å²) in [6.45, 7) is 2.38. The molecule has 0 saturated heterocycles. The van der Waals surface area contributed by atoms with Crippen molar-refractivity contribution in [2.75, 3.05) is 30.9 Å². The van der Waals surface area contributed by atoms with Crippen LogP contribution in [-0.2, 0) is 9.59 Å². The van der Waals surface area contributed by atoms with Crippen molar-refractivity contribution in [1.82, 2.24) is 4.90 Å². The lowest BCUT2D eigenvalue weighted by atomic mass is 10.2. The Morgan fingerprint density at radius 3 is 2.36 bits per heavy atom. The van der Waals surface area contributed by atoms with Gasteiger partial charge in [0.15, 0.2) is 0 Å². The smallest absolute Gasteiger partial charge is 0.278 e. The fourth-order valence-electron chi connectivity index (χ4n) is 2.76. The van der Waals surface area contributed by atoms with E-state index in [0.29, 0.717) is 17.8 Å². The van der Waals surface area contributed by atoms with E-state index in [0.717, 1.165) is 22.7 Å². The van der Waals surface area contributed by atoms with Crippen molar-refractivity contribution in [2.45, 2.75) is 13.3 Å². The number of hydrogen-bond donors (Lipinski definition) is 1. The molecule has 0 spiro atoms. The van der Waals surface area contributed by atoms with E-state index in [4.69, 9.17) is 0 Å². The van der Waals surface area contributed by atoms with E-state index >= 15 is 0 Å². The topological polar surface area (TPSA) is 52.7 Å². The molecule has 2 heterocycles. The zero-order valence-electron chi connectivity index (χ0n) is 14.6. The average Bonchev–Trinajstić information content (AvgIpc) is 3.19. The first kappa shape index (κ1) is 17.2. The molecule has 2 aromatic rings. The van der Waals surface area contributed by atoms with E-state index in [1.54, 1.807) is 0 Å². The lowest BCUT2D eigenvalue weighted by Gasteiger charge is -2.15. The quantitative estimate of drug-likeness (QED) is 0.807. The molecule has 6 heteroatoms. The van der Waals surface area contributed by atoms with Crippen molar-refractivity contribution in [3.05, 3.63) is 52.4 Å². The summed E-state index contributed by atoms with van der Waals surface area (Å²) >= 11 is 1.46. The Morgan fingerprint density at radius 2 is 1.80 bits per heavy atom. The van der Waals surface area contributed by atoms with Crippen LogP contribution in [0.5, 0.6) is 0 Å². The van der Waals surface area contributed by atoms with Crippen molar-refractivity contribution in [3.63, 3.8) is 0 Å². The Balaban J connectivity index is 1.97. The van der Waals surface area contributed by atoms with Crippen LogP contribution >= 0.6 is 11.3 Å². The number of imide groups is 1. The number of anilines is 2. The monoisotopic (exact) mass is 355 g/mol. The normalized spacial score (nSPS) is 14.4. The van der Waals surface area contributed by atoms with Crippen LogP contribution < -0.4 is 10.2 Å². The van der Waals surface area contributed by atoms with Crippen LogP contribution in [0, 0.1) is 0 Å². The van der Waals surface area contributed by atoms with E-state index in [2.05, 4.69) is 5.32 Å². The molecule has 1 aromatic heterocycles. The van der Waals surface area contributed by atoms with Gasteiger partial charge in [-0.2, -0.15) is 0 Å². The lowest BCUT2D eigenvalue weighted by Crippen LogP contribution is -2.33. The van der Waals surface area contributed by atoms with Crippen LogP contribution in [-0.4, -0.2) is 37.4 Å². The number of carbonyl (C=O) groups excluding carboxylic acids is 2. The van der Waals surface area contributed by atoms with Crippen LogP contribution in [0.25, 0.3) is 5.57 Å². The van der Waals surface area contributed by atoms with Crippen molar-refractivity contribution < 1.29 is 9.59 Å². The summed E-state index contributed by atoms with van der Waals surface area (Å²) < 4.78 is 0. The third-order valence-electron chi connectivity index (χ3n) is 4.04. The van der Waals surface area contributed by atoms with Crippen LogP contribution in [0.4, 0.5) is 11.4 Å². The third kappa shape index (κ3) is 3.30. The standard InChI is InChI=1S/C19H21N3O2S/c1-4-11-22-18(23)16(15-6-5-12-25-15)17(19(22)24)20-13-7-9-14(10-8-13)21(2)3/h5-10,12,20H,4,11H2,1-3H3. The van der Waals surface area contributed by atoms with Gasteiger partial charge >= 0.3 is 0 Å². The van der Waals surface area contributed by atoms with Gasteiger partial charge in [-0.3, -0.25) is 14.5 Å². The Kier molecular flexibility index (Phi) is 4.90. The first-order valence-electron chi connectivity index (χ1n) is 8.21. The molecule has 3 rings (SSSR count). The summed E-state index contributed by atoms with van der Waals surface area (Å²) in [7, 11) is 3.95. The molecule has 1 aliphatic heterocycles. The largest absolute Gasteiger partial charge is 0.378 e. The first-order chi connectivity index (χ1) is 12.0. The van der Waals surface area contributed by atoms with Gasteiger partial charge < -0.3 is 10.2 Å². The zero-order chi connectivity index (χ0) is 18.0. The fourth-order valence-corrected chi connectivity index (χ4v) is 3.52. The molecule has 1 aliphatic rings. The molecule has 2 amide bonds. The second-order valence-electron chi connectivity index (χ2n) is 6.06. The summed E-state index contributed by atoms with van der Waals surface area (Å²) in [5.74, 6) is -0.478. The molecule has 0 fully saturated rings. The summed E-state index contributed by atoms with van der Waals surface area (Å²) in [5, 5.41) is 5.08. The minimum Gasteiger partial charge on any atom is -0.378 e. The van der Waals surface area contributed by atoms with E-state index in [1.807, 2.05) is 67.7 Å². The minimum absolute atomic E-state index is 0.221. The van der Waals surface area contributed by atoms with Crippen molar-refractivity contribution >= 4 is 40.1 Å². The predicted octanol–water partition coefficient (Wildman–Crippen LogP) is 3.42. The molecule has 0 atom stereocenters. The molecular weight excluding hydrogens is 334 g/mol. The molecule has 0 bridgehead atoms. The van der Waals surface area contributed by atoms with Gasteiger partial charge in [-0.05, 0) is 42.1 Å². The van der Waals surface area contributed by atoms with Gasteiger partial charge in [-0.25, -0.2) is 0 Å².